The van der Waals surface area contributed by atoms with E-state index in [2.05, 4.69) is 31.2 Å². The van der Waals surface area contributed by atoms with Gasteiger partial charge in [0.25, 0.3) is 0 Å². The standard InChI is InChI=1S/C10H11O/c1-8(10-7-11-10)9-5-3-2-4-6-9/h2-6,10H,7H2,1H3. The van der Waals surface area contributed by atoms with E-state index in [4.69, 9.17) is 4.74 Å². The van der Waals surface area contributed by atoms with Crippen LogP contribution in [-0.4, -0.2) is 12.7 Å². The Kier molecular flexibility index (Phi) is 1.66. The summed E-state index contributed by atoms with van der Waals surface area (Å²) in [5.74, 6) is 1.35. The van der Waals surface area contributed by atoms with Gasteiger partial charge in [0.15, 0.2) is 0 Å². The van der Waals surface area contributed by atoms with Gasteiger partial charge in [-0.25, -0.2) is 0 Å². The maximum Gasteiger partial charge on any atom is 0.0913 e. The Morgan fingerprint density at radius 3 is 2.55 bits per heavy atom. The van der Waals surface area contributed by atoms with Crippen LogP contribution in [0.15, 0.2) is 30.3 Å². The summed E-state index contributed by atoms with van der Waals surface area (Å²) in [6, 6.07) is 10.4. The smallest absolute Gasteiger partial charge is 0.0913 e. The van der Waals surface area contributed by atoms with Gasteiger partial charge in [-0.3, -0.25) is 0 Å². The fourth-order valence-corrected chi connectivity index (χ4v) is 1.19. The normalized spacial score (nSPS) is 22.2. The highest BCUT2D eigenvalue weighted by molar-refractivity contribution is 5.32. The molecule has 57 valence electrons. The number of rotatable bonds is 2. The molecule has 1 heterocycles. The molecule has 1 heteroatoms. The lowest BCUT2D eigenvalue weighted by Gasteiger charge is -2.05. The van der Waals surface area contributed by atoms with E-state index in [0.29, 0.717) is 6.10 Å². The van der Waals surface area contributed by atoms with E-state index in [9.17, 15) is 0 Å². The van der Waals surface area contributed by atoms with Crippen molar-refractivity contribution >= 4 is 0 Å². The molecule has 0 aliphatic carbocycles. The second-order valence-electron chi connectivity index (χ2n) is 2.87. The van der Waals surface area contributed by atoms with Gasteiger partial charge >= 0.3 is 0 Å². The topological polar surface area (TPSA) is 12.5 Å². The summed E-state index contributed by atoms with van der Waals surface area (Å²) in [7, 11) is 0. The Balaban J connectivity index is 2.15. The molecular formula is C10H11O. The van der Waals surface area contributed by atoms with Crippen LogP contribution in [0.3, 0.4) is 0 Å². The number of benzene rings is 1. The van der Waals surface area contributed by atoms with E-state index >= 15 is 0 Å². The first-order valence-electron chi connectivity index (χ1n) is 3.88. The molecular weight excluding hydrogens is 136 g/mol. The van der Waals surface area contributed by atoms with Crippen molar-refractivity contribution in [2.75, 3.05) is 6.61 Å². The van der Waals surface area contributed by atoms with E-state index in [1.807, 2.05) is 6.07 Å². The maximum absolute atomic E-state index is 5.19. The first-order chi connectivity index (χ1) is 5.38. The molecule has 1 aliphatic rings. The Morgan fingerprint density at radius 1 is 1.36 bits per heavy atom. The zero-order valence-electron chi connectivity index (χ0n) is 6.58. The van der Waals surface area contributed by atoms with Crippen molar-refractivity contribution in [3.63, 3.8) is 0 Å². The van der Waals surface area contributed by atoms with E-state index < -0.39 is 0 Å². The minimum absolute atomic E-state index is 0.400. The zero-order valence-corrected chi connectivity index (χ0v) is 6.58. The average Bonchev–Trinajstić information content (AvgIpc) is 2.87. The summed E-state index contributed by atoms with van der Waals surface area (Å²) in [5.41, 5.74) is 1.30. The van der Waals surface area contributed by atoms with Crippen LogP contribution in [0.2, 0.25) is 0 Å². The molecule has 0 bridgehead atoms. The van der Waals surface area contributed by atoms with Crippen molar-refractivity contribution in [1.82, 2.24) is 0 Å². The quantitative estimate of drug-likeness (QED) is 0.583. The predicted molar refractivity (Wildman–Crippen MR) is 44.2 cm³/mol. The lowest BCUT2D eigenvalue weighted by atomic mass is 9.99. The maximum atomic E-state index is 5.19. The van der Waals surface area contributed by atoms with Gasteiger partial charge in [-0.2, -0.15) is 0 Å². The number of epoxide rings is 1. The van der Waals surface area contributed by atoms with Crippen molar-refractivity contribution in [1.29, 1.82) is 0 Å². The molecule has 1 aliphatic heterocycles. The fraction of sp³-hybridized carbons (Fsp3) is 0.300. The van der Waals surface area contributed by atoms with Crippen LogP contribution >= 0.6 is 0 Å². The van der Waals surface area contributed by atoms with Crippen LogP contribution in [0, 0.1) is 5.92 Å². The summed E-state index contributed by atoms with van der Waals surface area (Å²) < 4.78 is 5.19. The number of ether oxygens (including phenoxy) is 1. The predicted octanol–water partition coefficient (Wildman–Crippen LogP) is 2.03. The first-order valence-corrected chi connectivity index (χ1v) is 3.88. The van der Waals surface area contributed by atoms with Crippen LogP contribution < -0.4 is 0 Å². The van der Waals surface area contributed by atoms with Gasteiger partial charge in [0, 0.05) is 5.92 Å². The fourth-order valence-electron chi connectivity index (χ4n) is 1.19. The molecule has 1 aromatic carbocycles. The van der Waals surface area contributed by atoms with Crippen LogP contribution in [0.25, 0.3) is 0 Å². The van der Waals surface area contributed by atoms with Crippen LogP contribution in [0.4, 0.5) is 0 Å². The second kappa shape index (κ2) is 2.67. The zero-order chi connectivity index (χ0) is 7.68. The minimum atomic E-state index is 0.400. The van der Waals surface area contributed by atoms with Gasteiger partial charge in [0.2, 0.25) is 0 Å². The third-order valence-electron chi connectivity index (χ3n) is 2.05. The largest absolute Gasteiger partial charge is 0.372 e. The lowest BCUT2D eigenvalue weighted by molar-refractivity contribution is 0.419. The Morgan fingerprint density at radius 2 is 2.00 bits per heavy atom. The molecule has 2 rings (SSSR count). The van der Waals surface area contributed by atoms with E-state index in [1.165, 1.54) is 11.5 Å². The van der Waals surface area contributed by atoms with Crippen molar-refractivity contribution in [2.24, 2.45) is 0 Å². The summed E-state index contributed by atoms with van der Waals surface area (Å²) in [6.45, 7) is 3.04. The summed E-state index contributed by atoms with van der Waals surface area (Å²) in [6.07, 6.45) is 0.400. The summed E-state index contributed by atoms with van der Waals surface area (Å²) >= 11 is 0. The van der Waals surface area contributed by atoms with Gasteiger partial charge in [0.05, 0.1) is 12.7 Å². The van der Waals surface area contributed by atoms with E-state index in [0.717, 1.165) is 6.61 Å². The highest BCUT2D eigenvalue weighted by Gasteiger charge is 2.30. The summed E-state index contributed by atoms with van der Waals surface area (Å²) in [4.78, 5) is 0. The molecule has 1 aromatic rings. The number of hydrogen-bond acceptors (Lipinski definition) is 1. The third kappa shape index (κ3) is 1.43. The van der Waals surface area contributed by atoms with Crippen LogP contribution in [-0.2, 0) is 4.74 Å². The molecule has 0 spiro atoms. The lowest BCUT2D eigenvalue weighted by Crippen LogP contribution is -2.01. The highest BCUT2D eigenvalue weighted by Crippen LogP contribution is 2.27. The van der Waals surface area contributed by atoms with Gasteiger partial charge in [-0.1, -0.05) is 37.3 Å². The first kappa shape index (κ1) is 6.86. The average molecular weight is 147 g/mol. The second-order valence-corrected chi connectivity index (χ2v) is 2.87. The molecule has 0 saturated carbocycles. The van der Waals surface area contributed by atoms with Gasteiger partial charge in [-0.15, -0.1) is 0 Å². The Hall–Kier alpha value is -0.820. The monoisotopic (exact) mass is 147 g/mol. The van der Waals surface area contributed by atoms with E-state index in [-0.39, 0.29) is 0 Å². The molecule has 1 atom stereocenters. The molecule has 0 N–H and O–H groups in total. The van der Waals surface area contributed by atoms with Crippen molar-refractivity contribution < 1.29 is 4.74 Å². The van der Waals surface area contributed by atoms with Crippen molar-refractivity contribution in [3.05, 3.63) is 41.8 Å². The molecule has 0 amide bonds. The molecule has 0 aromatic heterocycles. The van der Waals surface area contributed by atoms with Crippen molar-refractivity contribution in [3.8, 4) is 0 Å². The summed E-state index contributed by atoms with van der Waals surface area (Å²) in [5, 5.41) is 0. The third-order valence-corrected chi connectivity index (χ3v) is 2.05. The molecule has 11 heavy (non-hydrogen) atoms. The molecule has 1 fully saturated rings. The molecule has 1 nitrogen and oxygen atoms in total. The molecule has 1 radical (unpaired) electrons. The minimum Gasteiger partial charge on any atom is -0.372 e. The van der Waals surface area contributed by atoms with Crippen LogP contribution in [0.1, 0.15) is 12.5 Å². The van der Waals surface area contributed by atoms with Gasteiger partial charge in [-0.05, 0) is 5.56 Å². The Bertz CT molecular complexity index is 226. The highest BCUT2D eigenvalue weighted by atomic mass is 16.6. The Labute approximate surface area is 67.0 Å². The molecule has 1 unspecified atom stereocenters. The molecule has 1 saturated heterocycles. The van der Waals surface area contributed by atoms with Crippen molar-refractivity contribution in [2.45, 2.75) is 13.0 Å². The van der Waals surface area contributed by atoms with E-state index in [1.54, 1.807) is 0 Å². The van der Waals surface area contributed by atoms with Gasteiger partial charge in [0.1, 0.15) is 0 Å². The SMILES string of the molecule is C[C](c1ccccc1)C1CO1. The van der Waals surface area contributed by atoms with Crippen LogP contribution in [0.5, 0.6) is 0 Å². The van der Waals surface area contributed by atoms with Gasteiger partial charge < -0.3 is 4.74 Å². The number of hydrogen-bond donors (Lipinski definition) is 0.